The molecular weight excluding hydrogens is 326 g/mol. The van der Waals surface area contributed by atoms with Gasteiger partial charge in [0.2, 0.25) is 0 Å². The van der Waals surface area contributed by atoms with E-state index in [1.165, 1.54) is 0 Å². The molecule has 5 nitrogen and oxygen atoms in total. The Morgan fingerprint density at radius 1 is 1.19 bits per heavy atom. The van der Waals surface area contributed by atoms with Crippen molar-refractivity contribution in [1.29, 1.82) is 0 Å². The minimum absolute atomic E-state index is 0.0737. The van der Waals surface area contributed by atoms with Crippen molar-refractivity contribution in [2.24, 2.45) is 12.1 Å². The van der Waals surface area contributed by atoms with E-state index in [2.05, 4.69) is 27.2 Å². The maximum absolute atomic E-state index is 12.0. The van der Waals surface area contributed by atoms with Crippen LogP contribution in [0.2, 0.25) is 0 Å². The molecular formula is C21H23N3O2. The molecule has 3 aromatic rings. The quantitative estimate of drug-likeness (QED) is 0.565. The van der Waals surface area contributed by atoms with Crippen molar-refractivity contribution in [1.82, 2.24) is 9.99 Å². The molecule has 1 N–H and O–H groups in total. The third kappa shape index (κ3) is 3.61. The predicted molar refractivity (Wildman–Crippen MR) is 105 cm³/mol. The molecule has 0 aliphatic carbocycles. The van der Waals surface area contributed by atoms with E-state index in [4.69, 9.17) is 4.74 Å². The number of carbonyl (C=O) groups excluding carboxylic acids is 1. The minimum atomic E-state index is -0.292. The fourth-order valence-electron chi connectivity index (χ4n) is 3.02. The van der Waals surface area contributed by atoms with Crippen LogP contribution in [-0.4, -0.2) is 23.3 Å². The number of aromatic nitrogens is 1. The first kappa shape index (κ1) is 17.7. The van der Waals surface area contributed by atoms with E-state index in [1.807, 2.05) is 58.2 Å². The van der Waals surface area contributed by atoms with Gasteiger partial charge < -0.3 is 9.30 Å². The van der Waals surface area contributed by atoms with Crippen molar-refractivity contribution in [2.45, 2.75) is 20.8 Å². The minimum Gasteiger partial charge on any atom is -0.483 e. The van der Waals surface area contributed by atoms with E-state index in [-0.39, 0.29) is 12.5 Å². The maximum Gasteiger partial charge on any atom is 0.277 e. The molecule has 2 aromatic carbocycles. The van der Waals surface area contributed by atoms with Gasteiger partial charge in [-0.25, -0.2) is 5.43 Å². The van der Waals surface area contributed by atoms with Crippen LogP contribution in [0.15, 0.2) is 47.6 Å². The highest BCUT2D eigenvalue weighted by Gasteiger charge is 2.09. The molecule has 3 rings (SSSR count). The van der Waals surface area contributed by atoms with Gasteiger partial charge in [-0.1, -0.05) is 35.9 Å². The lowest BCUT2D eigenvalue weighted by molar-refractivity contribution is -0.123. The summed E-state index contributed by atoms with van der Waals surface area (Å²) in [4.78, 5) is 12.0. The number of ether oxygens (including phenoxy) is 1. The van der Waals surface area contributed by atoms with E-state index >= 15 is 0 Å². The predicted octanol–water partition coefficient (Wildman–Crippen LogP) is 3.63. The second-order valence-corrected chi connectivity index (χ2v) is 6.43. The van der Waals surface area contributed by atoms with Crippen LogP contribution in [0.1, 0.15) is 22.4 Å². The molecule has 5 heteroatoms. The molecule has 0 saturated carbocycles. The van der Waals surface area contributed by atoms with Gasteiger partial charge in [-0.05, 0) is 38.5 Å². The van der Waals surface area contributed by atoms with Crippen LogP contribution >= 0.6 is 0 Å². The normalized spacial score (nSPS) is 11.2. The third-order valence-electron chi connectivity index (χ3n) is 4.52. The van der Waals surface area contributed by atoms with Crippen molar-refractivity contribution in [2.75, 3.05) is 6.61 Å². The van der Waals surface area contributed by atoms with Gasteiger partial charge in [0.05, 0.1) is 6.21 Å². The number of hydrazone groups is 1. The fraction of sp³-hybridized carbons (Fsp3) is 0.238. The number of fused-ring (bicyclic) bond motifs is 1. The first-order chi connectivity index (χ1) is 12.5. The molecule has 1 amide bonds. The number of amides is 1. The van der Waals surface area contributed by atoms with Crippen molar-refractivity contribution in [3.8, 4) is 5.75 Å². The Balaban J connectivity index is 1.64. The zero-order chi connectivity index (χ0) is 18.7. The lowest BCUT2D eigenvalue weighted by Gasteiger charge is -2.08. The lowest BCUT2D eigenvalue weighted by atomic mass is 10.1. The van der Waals surface area contributed by atoms with Gasteiger partial charge in [-0.15, -0.1) is 0 Å². The monoisotopic (exact) mass is 349 g/mol. The molecule has 0 aliphatic heterocycles. The summed E-state index contributed by atoms with van der Waals surface area (Å²) in [7, 11) is 2.02. The van der Waals surface area contributed by atoms with Gasteiger partial charge in [0.25, 0.3) is 5.91 Å². The van der Waals surface area contributed by atoms with Crippen molar-refractivity contribution in [3.63, 3.8) is 0 Å². The molecule has 0 bridgehead atoms. The summed E-state index contributed by atoms with van der Waals surface area (Å²) >= 11 is 0. The molecule has 0 fully saturated rings. The Hall–Kier alpha value is -3.08. The van der Waals surface area contributed by atoms with Crippen LogP contribution in [0.25, 0.3) is 10.9 Å². The number of nitrogens with one attached hydrogen (secondary N) is 1. The smallest absolute Gasteiger partial charge is 0.277 e. The summed E-state index contributed by atoms with van der Waals surface area (Å²) in [6.07, 6.45) is 1.69. The van der Waals surface area contributed by atoms with Gasteiger partial charge in [-0.2, -0.15) is 5.10 Å². The van der Waals surface area contributed by atoms with Gasteiger partial charge in [0.15, 0.2) is 6.61 Å². The van der Waals surface area contributed by atoms with Gasteiger partial charge in [0, 0.05) is 29.2 Å². The second-order valence-electron chi connectivity index (χ2n) is 6.43. The van der Waals surface area contributed by atoms with Gasteiger partial charge in [-0.3, -0.25) is 4.79 Å². The van der Waals surface area contributed by atoms with Crippen LogP contribution in [0.3, 0.4) is 0 Å². The molecule has 26 heavy (non-hydrogen) atoms. The molecule has 0 aliphatic rings. The largest absolute Gasteiger partial charge is 0.483 e. The van der Waals surface area contributed by atoms with Crippen LogP contribution in [-0.2, 0) is 11.8 Å². The average molecular weight is 349 g/mol. The zero-order valence-corrected chi connectivity index (χ0v) is 15.5. The van der Waals surface area contributed by atoms with Crippen molar-refractivity contribution < 1.29 is 9.53 Å². The molecule has 1 aromatic heterocycles. The summed E-state index contributed by atoms with van der Waals surface area (Å²) in [5.74, 6) is 0.416. The van der Waals surface area contributed by atoms with E-state index in [9.17, 15) is 4.79 Å². The first-order valence-electron chi connectivity index (χ1n) is 8.53. The van der Waals surface area contributed by atoms with Crippen LogP contribution in [0.4, 0.5) is 0 Å². The summed E-state index contributed by atoms with van der Waals surface area (Å²) in [5, 5.41) is 5.21. The van der Waals surface area contributed by atoms with Crippen LogP contribution in [0.5, 0.6) is 5.75 Å². The third-order valence-corrected chi connectivity index (χ3v) is 4.52. The number of rotatable bonds is 5. The summed E-state index contributed by atoms with van der Waals surface area (Å²) in [6, 6.07) is 14.0. The Kier molecular flexibility index (Phi) is 5.07. The molecule has 0 spiro atoms. The van der Waals surface area contributed by atoms with E-state index in [1.54, 1.807) is 6.21 Å². The van der Waals surface area contributed by atoms with E-state index < -0.39 is 0 Å². The number of para-hydroxylation sites is 1. The maximum atomic E-state index is 12.0. The summed E-state index contributed by atoms with van der Waals surface area (Å²) in [5.41, 5.74) is 7.93. The van der Waals surface area contributed by atoms with Gasteiger partial charge >= 0.3 is 0 Å². The lowest BCUT2D eigenvalue weighted by Crippen LogP contribution is -2.24. The Morgan fingerprint density at radius 2 is 1.96 bits per heavy atom. The number of aryl methyl sites for hydroxylation is 3. The highest BCUT2D eigenvalue weighted by molar-refractivity contribution is 6.01. The Bertz CT molecular complexity index is 986. The van der Waals surface area contributed by atoms with E-state index in [0.717, 1.165) is 33.3 Å². The summed E-state index contributed by atoms with van der Waals surface area (Å²) in [6.45, 7) is 5.94. The van der Waals surface area contributed by atoms with Crippen LogP contribution in [0, 0.1) is 20.8 Å². The Labute approximate surface area is 153 Å². The van der Waals surface area contributed by atoms with Crippen molar-refractivity contribution in [3.05, 3.63) is 64.8 Å². The topological polar surface area (TPSA) is 55.6 Å². The standard InChI is InChI=1S/C21H23N3O2/c1-14-9-10-20(15(2)11-14)26-13-21(25)23-22-12-18-16(3)24(4)19-8-6-5-7-17(18)19/h5-12H,13H2,1-4H3,(H,23,25)/b22-12-. The van der Waals surface area contributed by atoms with E-state index in [0.29, 0.717) is 5.75 Å². The molecule has 0 unspecified atom stereocenters. The molecule has 0 radical (unpaired) electrons. The Morgan fingerprint density at radius 3 is 2.73 bits per heavy atom. The number of benzene rings is 2. The highest BCUT2D eigenvalue weighted by Crippen LogP contribution is 2.23. The summed E-state index contributed by atoms with van der Waals surface area (Å²) < 4.78 is 7.68. The second kappa shape index (κ2) is 7.44. The highest BCUT2D eigenvalue weighted by atomic mass is 16.5. The molecule has 1 heterocycles. The van der Waals surface area contributed by atoms with Crippen LogP contribution < -0.4 is 10.2 Å². The molecule has 0 saturated heterocycles. The molecule has 0 atom stereocenters. The van der Waals surface area contributed by atoms with Crippen molar-refractivity contribution >= 4 is 23.0 Å². The zero-order valence-electron chi connectivity index (χ0n) is 15.5. The SMILES string of the molecule is Cc1ccc(OCC(=O)N/N=C\c2c(C)n(C)c3ccccc23)c(C)c1. The number of hydrogen-bond donors (Lipinski definition) is 1. The number of hydrogen-bond acceptors (Lipinski definition) is 3. The fourth-order valence-corrected chi connectivity index (χ4v) is 3.02. The number of carbonyl (C=O) groups is 1. The first-order valence-corrected chi connectivity index (χ1v) is 8.53. The number of nitrogens with zero attached hydrogens (tertiary/aromatic N) is 2. The molecule has 134 valence electrons. The van der Waals surface area contributed by atoms with Gasteiger partial charge in [0.1, 0.15) is 5.75 Å². The average Bonchev–Trinajstić information content (AvgIpc) is 2.86.